The van der Waals surface area contributed by atoms with Crippen molar-refractivity contribution < 1.29 is 0 Å². The summed E-state index contributed by atoms with van der Waals surface area (Å²) < 4.78 is 2.00. The van der Waals surface area contributed by atoms with E-state index < -0.39 is 0 Å². The van der Waals surface area contributed by atoms with Crippen LogP contribution in [0.4, 0.5) is 0 Å². The van der Waals surface area contributed by atoms with Crippen LogP contribution in [0.1, 0.15) is 65.2 Å². The first-order chi connectivity index (χ1) is 8.31. The van der Waals surface area contributed by atoms with Crippen molar-refractivity contribution in [3.8, 4) is 0 Å². The molecule has 1 fully saturated rings. The Labute approximate surface area is 110 Å². The van der Waals surface area contributed by atoms with Gasteiger partial charge in [0.1, 0.15) is 12.2 Å². The molecule has 0 bridgehead atoms. The summed E-state index contributed by atoms with van der Waals surface area (Å²) in [4.78, 5) is 4.40. The molecule has 0 aromatic carbocycles. The zero-order valence-electron chi connectivity index (χ0n) is 12.1. The number of nitrogens with two attached hydrogens (primary N) is 1. The molecular formula is C14H26N4. The Morgan fingerprint density at radius 3 is 2.72 bits per heavy atom. The van der Waals surface area contributed by atoms with Crippen LogP contribution in [0.3, 0.4) is 0 Å². The Morgan fingerprint density at radius 2 is 2.11 bits per heavy atom. The van der Waals surface area contributed by atoms with Crippen molar-refractivity contribution in [3.05, 3.63) is 12.2 Å². The fraction of sp³-hybridized carbons (Fsp3) is 0.857. The van der Waals surface area contributed by atoms with Crippen molar-refractivity contribution >= 4 is 0 Å². The van der Waals surface area contributed by atoms with Gasteiger partial charge in [-0.2, -0.15) is 5.10 Å². The lowest BCUT2D eigenvalue weighted by Gasteiger charge is -2.42. The van der Waals surface area contributed by atoms with Gasteiger partial charge >= 0.3 is 0 Å². The molecule has 4 heteroatoms. The SMILES string of the molecule is CC(C)n1ncnc1CC1(N)CCCC(C)(C)C1. The van der Waals surface area contributed by atoms with E-state index in [-0.39, 0.29) is 5.54 Å². The third-order valence-corrected chi connectivity index (χ3v) is 4.01. The van der Waals surface area contributed by atoms with Gasteiger partial charge in [0.25, 0.3) is 0 Å². The molecule has 0 amide bonds. The average Bonchev–Trinajstić information content (AvgIpc) is 2.62. The third kappa shape index (κ3) is 2.91. The molecule has 1 atom stereocenters. The smallest absolute Gasteiger partial charge is 0.138 e. The Bertz CT molecular complexity index is 408. The van der Waals surface area contributed by atoms with Gasteiger partial charge in [-0.05, 0) is 38.5 Å². The van der Waals surface area contributed by atoms with E-state index in [0.29, 0.717) is 11.5 Å². The molecule has 1 aromatic heterocycles. The van der Waals surface area contributed by atoms with E-state index in [9.17, 15) is 0 Å². The van der Waals surface area contributed by atoms with E-state index in [1.165, 1.54) is 12.8 Å². The summed E-state index contributed by atoms with van der Waals surface area (Å²) >= 11 is 0. The fourth-order valence-corrected chi connectivity index (χ4v) is 3.35. The number of nitrogens with zero attached hydrogens (tertiary/aromatic N) is 3. The van der Waals surface area contributed by atoms with E-state index >= 15 is 0 Å². The van der Waals surface area contributed by atoms with Gasteiger partial charge in [-0.25, -0.2) is 9.67 Å². The summed E-state index contributed by atoms with van der Waals surface area (Å²) in [5.41, 5.74) is 6.86. The Balaban J connectivity index is 2.14. The molecule has 1 aliphatic carbocycles. The van der Waals surface area contributed by atoms with Crippen LogP contribution >= 0.6 is 0 Å². The molecule has 4 nitrogen and oxygen atoms in total. The highest BCUT2D eigenvalue weighted by Crippen LogP contribution is 2.41. The molecule has 0 spiro atoms. The van der Waals surface area contributed by atoms with Crippen LogP contribution in [0.5, 0.6) is 0 Å². The largest absolute Gasteiger partial charge is 0.325 e. The number of rotatable bonds is 3. The van der Waals surface area contributed by atoms with Crippen LogP contribution in [0.15, 0.2) is 6.33 Å². The maximum Gasteiger partial charge on any atom is 0.138 e. The normalized spacial score (nSPS) is 27.7. The van der Waals surface area contributed by atoms with Gasteiger partial charge in [0, 0.05) is 18.0 Å². The molecule has 1 saturated carbocycles. The number of aromatic nitrogens is 3. The van der Waals surface area contributed by atoms with Crippen LogP contribution < -0.4 is 5.73 Å². The minimum Gasteiger partial charge on any atom is -0.325 e. The van der Waals surface area contributed by atoms with E-state index in [4.69, 9.17) is 5.73 Å². The summed E-state index contributed by atoms with van der Waals surface area (Å²) in [5, 5.41) is 4.30. The molecule has 1 heterocycles. The van der Waals surface area contributed by atoms with Crippen molar-refractivity contribution in [1.29, 1.82) is 0 Å². The van der Waals surface area contributed by atoms with Crippen LogP contribution in [0.25, 0.3) is 0 Å². The molecule has 0 radical (unpaired) electrons. The first kappa shape index (κ1) is 13.5. The van der Waals surface area contributed by atoms with Gasteiger partial charge in [0.2, 0.25) is 0 Å². The Hall–Kier alpha value is -0.900. The molecule has 1 aromatic rings. The third-order valence-electron chi connectivity index (χ3n) is 4.01. The average molecular weight is 250 g/mol. The molecular weight excluding hydrogens is 224 g/mol. The molecule has 102 valence electrons. The maximum absolute atomic E-state index is 6.61. The lowest BCUT2D eigenvalue weighted by atomic mass is 9.67. The quantitative estimate of drug-likeness (QED) is 0.897. The maximum atomic E-state index is 6.61. The number of hydrogen-bond acceptors (Lipinski definition) is 3. The molecule has 1 unspecified atom stereocenters. The lowest BCUT2D eigenvalue weighted by Crippen LogP contribution is -2.49. The highest BCUT2D eigenvalue weighted by atomic mass is 15.3. The zero-order chi connectivity index (χ0) is 13.4. The second kappa shape index (κ2) is 4.65. The topological polar surface area (TPSA) is 56.7 Å². The molecule has 2 N–H and O–H groups in total. The molecule has 0 saturated heterocycles. The van der Waals surface area contributed by atoms with E-state index in [2.05, 4.69) is 37.8 Å². The second-order valence-electron chi connectivity index (χ2n) is 6.95. The minimum atomic E-state index is -0.110. The number of hydrogen-bond donors (Lipinski definition) is 1. The first-order valence-electron chi connectivity index (χ1n) is 6.99. The van der Waals surface area contributed by atoms with Crippen molar-refractivity contribution in [2.45, 2.75) is 71.4 Å². The van der Waals surface area contributed by atoms with Crippen LogP contribution in [-0.4, -0.2) is 20.3 Å². The minimum absolute atomic E-state index is 0.110. The summed E-state index contributed by atoms with van der Waals surface area (Å²) in [6.07, 6.45) is 7.16. The van der Waals surface area contributed by atoms with Crippen molar-refractivity contribution in [1.82, 2.24) is 14.8 Å². The van der Waals surface area contributed by atoms with E-state index in [0.717, 1.165) is 25.1 Å². The van der Waals surface area contributed by atoms with Gasteiger partial charge in [-0.15, -0.1) is 0 Å². The summed E-state index contributed by atoms with van der Waals surface area (Å²) in [5.74, 6) is 1.03. The van der Waals surface area contributed by atoms with E-state index in [1.807, 2.05) is 4.68 Å². The van der Waals surface area contributed by atoms with Crippen LogP contribution in [0.2, 0.25) is 0 Å². The summed E-state index contributed by atoms with van der Waals surface area (Å²) in [7, 11) is 0. The zero-order valence-corrected chi connectivity index (χ0v) is 12.1. The summed E-state index contributed by atoms with van der Waals surface area (Å²) in [6, 6.07) is 0.350. The van der Waals surface area contributed by atoms with Gasteiger partial charge in [-0.3, -0.25) is 0 Å². The molecule has 18 heavy (non-hydrogen) atoms. The molecule has 2 rings (SSSR count). The van der Waals surface area contributed by atoms with Gasteiger partial charge in [0.15, 0.2) is 0 Å². The molecule has 1 aliphatic rings. The monoisotopic (exact) mass is 250 g/mol. The second-order valence-corrected chi connectivity index (χ2v) is 6.95. The van der Waals surface area contributed by atoms with Crippen molar-refractivity contribution in [3.63, 3.8) is 0 Å². The first-order valence-corrected chi connectivity index (χ1v) is 6.99. The molecule has 0 aliphatic heterocycles. The predicted molar refractivity (Wildman–Crippen MR) is 73.3 cm³/mol. The van der Waals surface area contributed by atoms with E-state index in [1.54, 1.807) is 6.33 Å². The summed E-state index contributed by atoms with van der Waals surface area (Å²) in [6.45, 7) is 8.90. The van der Waals surface area contributed by atoms with Crippen molar-refractivity contribution in [2.75, 3.05) is 0 Å². The van der Waals surface area contributed by atoms with Crippen LogP contribution in [0, 0.1) is 5.41 Å². The van der Waals surface area contributed by atoms with Gasteiger partial charge in [-0.1, -0.05) is 20.3 Å². The van der Waals surface area contributed by atoms with Gasteiger partial charge in [0.05, 0.1) is 0 Å². The van der Waals surface area contributed by atoms with Crippen molar-refractivity contribution in [2.24, 2.45) is 11.1 Å². The Kier molecular flexibility index (Phi) is 3.49. The lowest BCUT2D eigenvalue weighted by molar-refractivity contribution is 0.148. The Morgan fingerprint density at radius 1 is 1.39 bits per heavy atom. The standard InChI is InChI=1S/C14H26N4/c1-11(2)18-12(16-10-17-18)8-14(15)7-5-6-13(3,4)9-14/h10-11H,5-9,15H2,1-4H3. The fourth-order valence-electron chi connectivity index (χ4n) is 3.35. The van der Waals surface area contributed by atoms with Gasteiger partial charge < -0.3 is 5.73 Å². The van der Waals surface area contributed by atoms with Crippen LogP contribution in [-0.2, 0) is 6.42 Å². The highest BCUT2D eigenvalue weighted by molar-refractivity contribution is 5.02. The highest BCUT2D eigenvalue weighted by Gasteiger charge is 2.38. The predicted octanol–water partition coefficient (Wildman–Crippen LogP) is 2.70.